The molecule has 0 radical (unpaired) electrons. The molecule has 0 saturated heterocycles. The third kappa shape index (κ3) is 3.86. The molecule has 3 heterocycles. The van der Waals surface area contributed by atoms with E-state index in [0.29, 0.717) is 11.5 Å². The molecule has 0 saturated carbocycles. The molecule has 0 bridgehead atoms. The Balaban J connectivity index is 1.62. The zero-order chi connectivity index (χ0) is 20.4. The molecule has 3 aromatic heterocycles. The number of carbonyl (C=O) groups excluding carboxylic acids is 1. The molecule has 29 heavy (non-hydrogen) atoms. The molecule has 1 amide bonds. The Hall–Kier alpha value is -3.19. The van der Waals surface area contributed by atoms with E-state index in [1.807, 2.05) is 41.8 Å². The normalized spacial score (nSPS) is 13.3. The van der Waals surface area contributed by atoms with E-state index in [-0.39, 0.29) is 17.5 Å². The van der Waals surface area contributed by atoms with Crippen LogP contribution in [0.5, 0.6) is 0 Å². The van der Waals surface area contributed by atoms with Gasteiger partial charge in [0.1, 0.15) is 11.4 Å². The summed E-state index contributed by atoms with van der Waals surface area (Å²) in [7, 11) is 0. The van der Waals surface area contributed by atoms with Gasteiger partial charge in [-0.1, -0.05) is 38.5 Å². The molecule has 0 spiro atoms. The number of H-pyrrole nitrogens is 2. The minimum Gasteiger partial charge on any atom is -0.342 e. The monoisotopic (exact) mass is 406 g/mol. The van der Waals surface area contributed by atoms with Gasteiger partial charge in [-0.2, -0.15) is 0 Å². The van der Waals surface area contributed by atoms with Crippen molar-refractivity contribution < 1.29 is 4.79 Å². The number of nitrogens with one attached hydrogen (secondary N) is 3. The number of para-hydroxylation sites is 2. The molecule has 4 aromatic rings. The van der Waals surface area contributed by atoms with Gasteiger partial charge in [-0.05, 0) is 41.6 Å². The first-order valence-corrected chi connectivity index (χ1v) is 10.5. The molecule has 4 rings (SSSR count). The van der Waals surface area contributed by atoms with Crippen molar-refractivity contribution >= 4 is 28.3 Å². The maximum Gasteiger partial charge on any atom is 0.261 e. The van der Waals surface area contributed by atoms with Crippen molar-refractivity contribution in [3.63, 3.8) is 0 Å². The van der Waals surface area contributed by atoms with Crippen molar-refractivity contribution in [3.8, 4) is 10.6 Å². The molecule has 6 nitrogen and oxygen atoms in total. The minimum absolute atomic E-state index is 0.0923. The van der Waals surface area contributed by atoms with Gasteiger partial charge in [0.2, 0.25) is 0 Å². The van der Waals surface area contributed by atoms with E-state index in [2.05, 4.69) is 34.1 Å². The highest BCUT2D eigenvalue weighted by Crippen LogP contribution is 2.25. The van der Waals surface area contributed by atoms with Crippen LogP contribution in [0.25, 0.3) is 21.6 Å². The summed E-state index contributed by atoms with van der Waals surface area (Å²) in [5.41, 5.74) is 2.17. The van der Waals surface area contributed by atoms with E-state index in [0.717, 1.165) is 22.3 Å². The molecule has 7 heteroatoms. The number of thiophene rings is 1. The zero-order valence-corrected chi connectivity index (χ0v) is 17.0. The van der Waals surface area contributed by atoms with Gasteiger partial charge in [0, 0.05) is 0 Å². The highest BCUT2D eigenvalue weighted by Gasteiger charge is 2.25. The number of fused-ring (bicyclic) bond motifs is 1. The first-order chi connectivity index (χ1) is 14.1. The highest BCUT2D eigenvalue weighted by atomic mass is 32.1. The van der Waals surface area contributed by atoms with Crippen LogP contribution in [0.3, 0.4) is 0 Å². The Morgan fingerprint density at radius 3 is 2.66 bits per heavy atom. The number of imidazole rings is 1. The predicted molar refractivity (Wildman–Crippen MR) is 116 cm³/mol. The molecule has 148 valence electrons. The van der Waals surface area contributed by atoms with Crippen molar-refractivity contribution in [2.75, 3.05) is 0 Å². The Morgan fingerprint density at radius 1 is 1.14 bits per heavy atom. The summed E-state index contributed by atoms with van der Waals surface area (Å²) in [5, 5.41) is 4.95. The van der Waals surface area contributed by atoms with Crippen LogP contribution in [-0.4, -0.2) is 20.9 Å². The average Bonchev–Trinajstić information content (AvgIpc) is 3.40. The van der Waals surface area contributed by atoms with E-state index < -0.39 is 11.5 Å². The number of aromatic amines is 2. The summed E-state index contributed by atoms with van der Waals surface area (Å²) in [6.07, 6.45) is 0.857. The average molecular weight is 407 g/mol. The lowest BCUT2D eigenvalue weighted by atomic mass is 9.98. The van der Waals surface area contributed by atoms with Crippen molar-refractivity contribution in [2.24, 2.45) is 5.92 Å². The van der Waals surface area contributed by atoms with Gasteiger partial charge >= 0.3 is 0 Å². The maximum absolute atomic E-state index is 12.9. The lowest BCUT2D eigenvalue weighted by Gasteiger charge is -2.22. The van der Waals surface area contributed by atoms with Crippen LogP contribution >= 0.6 is 11.3 Å². The molecule has 0 aliphatic heterocycles. The van der Waals surface area contributed by atoms with Crippen LogP contribution in [-0.2, 0) is 0 Å². The molecule has 2 atom stereocenters. The second-order valence-corrected chi connectivity index (χ2v) is 8.02. The van der Waals surface area contributed by atoms with Gasteiger partial charge in [-0.25, -0.2) is 4.98 Å². The van der Waals surface area contributed by atoms with E-state index in [1.54, 1.807) is 12.1 Å². The van der Waals surface area contributed by atoms with Gasteiger partial charge in [0.15, 0.2) is 0 Å². The van der Waals surface area contributed by atoms with Crippen LogP contribution in [0.4, 0.5) is 0 Å². The first kappa shape index (κ1) is 19.1. The number of rotatable bonds is 6. The number of aromatic nitrogens is 3. The molecule has 0 fully saturated rings. The third-order valence-corrected chi connectivity index (χ3v) is 6.05. The molecule has 3 N–H and O–H groups in total. The number of pyridine rings is 1. The fourth-order valence-corrected chi connectivity index (χ4v) is 3.99. The van der Waals surface area contributed by atoms with Crippen LogP contribution in [0.15, 0.2) is 58.7 Å². The van der Waals surface area contributed by atoms with Crippen LogP contribution < -0.4 is 10.9 Å². The van der Waals surface area contributed by atoms with E-state index >= 15 is 0 Å². The van der Waals surface area contributed by atoms with Gasteiger partial charge in [0.05, 0.1) is 27.6 Å². The van der Waals surface area contributed by atoms with Crippen molar-refractivity contribution in [2.45, 2.75) is 26.3 Å². The first-order valence-electron chi connectivity index (χ1n) is 9.59. The van der Waals surface area contributed by atoms with Crippen molar-refractivity contribution in [3.05, 3.63) is 75.7 Å². The number of benzene rings is 1. The Morgan fingerprint density at radius 2 is 1.97 bits per heavy atom. The van der Waals surface area contributed by atoms with Gasteiger partial charge in [-0.3, -0.25) is 9.59 Å². The van der Waals surface area contributed by atoms with Crippen molar-refractivity contribution in [1.29, 1.82) is 0 Å². The maximum atomic E-state index is 12.9. The summed E-state index contributed by atoms with van der Waals surface area (Å²) in [4.78, 5) is 37.2. The summed E-state index contributed by atoms with van der Waals surface area (Å²) in [6.45, 7) is 4.12. The van der Waals surface area contributed by atoms with E-state index in [1.165, 1.54) is 11.3 Å². The Labute approximate surface area is 172 Å². The van der Waals surface area contributed by atoms with Gasteiger partial charge < -0.3 is 15.3 Å². The Bertz CT molecular complexity index is 1160. The van der Waals surface area contributed by atoms with Crippen molar-refractivity contribution in [1.82, 2.24) is 20.3 Å². The number of hydrogen-bond donors (Lipinski definition) is 3. The summed E-state index contributed by atoms with van der Waals surface area (Å²) in [5.74, 6) is 0.430. The quantitative estimate of drug-likeness (QED) is 0.440. The smallest absolute Gasteiger partial charge is 0.261 e. The predicted octanol–water partition coefficient (Wildman–Crippen LogP) is 4.50. The molecular weight excluding hydrogens is 384 g/mol. The molecular formula is C22H22N4O2S. The lowest BCUT2D eigenvalue weighted by molar-refractivity contribution is 0.0919. The summed E-state index contributed by atoms with van der Waals surface area (Å²) in [6, 6.07) is 14.6. The third-order valence-electron chi connectivity index (χ3n) is 5.14. The second kappa shape index (κ2) is 8.05. The number of carbonyl (C=O) groups is 1. The number of amides is 1. The number of hydrogen-bond acceptors (Lipinski definition) is 4. The summed E-state index contributed by atoms with van der Waals surface area (Å²) < 4.78 is 0. The molecule has 2 unspecified atom stereocenters. The number of nitrogens with zero attached hydrogens (tertiary/aromatic N) is 1. The zero-order valence-electron chi connectivity index (χ0n) is 16.2. The van der Waals surface area contributed by atoms with E-state index in [9.17, 15) is 9.59 Å². The van der Waals surface area contributed by atoms with Crippen LogP contribution in [0.2, 0.25) is 0 Å². The molecule has 0 aliphatic rings. The van der Waals surface area contributed by atoms with Crippen LogP contribution in [0, 0.1) is 5.92 Å². The SMILES string of the molecule is CCC(C)C(NC(=O)c1ccc(-c2cccs2)[nH]c1=O)c1nc2ccccc2[nH]1. The largest absolute Gasteiger partial charge is 0.342 e. The molecule has 0 aliphatic carbocycles. The standard InChI is InChI=1S/C22H22N4O2S/c1-3-13(2)19(20-23-15-7-4-5-8-16(15)24-20)26-22(28)14-10-11-17(25-21(14)27)18-9-6-12-29-18/h4-13,19H,3H2,1-2H3,(H,23,24)(H,25,27)(H,26,28). The Kier molecular flexibility index (Phi) is 5.31. The van der Waals surface area contributed by atoms with Gasteiger partial charge in [0.25, 0.3) is 11.5 Å². The minimum atomic E-state index is -0.408. The fraction of sp³-hybridized carbons (Fsp3) is 0.227. The van der Waals surface area contributed by atoms with Gasteiger partial charge in [-0.15, -0.1) is 11.3 Å². The fourth-order valence-electron chi connectivity index (χ4n) is 3.28. The molecule has 1 aromatic carbocycles. The topological polar surface area (TPSA) is 90.6 Å². The second-order valence-electron chi connectivity index (χ2n) is 7.07. The highest BCUT2D eigenvalue weighted by molar-refractivity contribution is 7.13. The van der Waals surface area contributed by atoms with Crippen LogP contribution in [0.1, 0.15) is 42.5 Å². The lowest BCUT2D eigenvalue weighted by Crippen LogP contribution is -2.36. The van der Waals surface area contributed by atoms with E-state index in [4.69, 9.17) is 0 Å². The summed E-state index contributed by atoms with van der Waals surface area (Å²) >= 11 is 1.53.